The molecule has 137 heavy (non-hydrogen) atoms. The Balaban J connectivity index is 0.0000000985. The summed E-state index contributed by atoms with van der Waals surface area (Å²) in [6.07, 6.45) is 1.07. The van der Waals surface area contributed by atoms with E-state index in [4.69, 9.17) is 56.5 Å². The highest BCUT2D eigenvalue weighted by Gasteiger charge is 2.27. The third-order valence-electron chi connectivity index (χ3n) is 25.2. The molecule has 14 nitrogen and oxygen atoms in total. The topological polar surface area (TPSA) is 178 Å². The van der Waals surface area contributed by atoms with Crippen LogP contribution in [0.15, 0.2) is 421 Å². The van der Waals surface area contributed by atoms with Crippen molar-refractivity contribution in [1.29, 1.82) is 0 Å². The van der Waals surface area contributed by atoms with Gasteiger partial charge >= 0.3 is 7.12 Å². The van der Waals surface area contributed by atoms with Crippen molar-refractivity contribution in [2.45, 2.75) is 6.42 Å². The van der Waals surface area contributed by atoms with E-state index in [0.717, 1.165) is 96.0 Å². The Kier molecular flexibility index (Phi) is 24.8. The second-order valence-electron chi connectivity index (χ2n) is 33.0. The molecule has 0 saturated heterocycles. The minimum absolute atomic E-state index is 0.0949. The standard InChI is InChI=1S/C24H15ClN2O2.C24H15ClN2.C24H14N2.C18H11BrClN.C13H9Br.C6H6BNO4.C6H4ClI/c25-20-9-3-6-12-24(20)26-21-10-4-2-8-18(21)19-15-16(13-14-22(19)26)17-7-1-5-11-23(17)27(28)29;25-18-9-3-6-12-21(18)27-20-11-5-2-8-17(20)23-22(27)14-13-16-15-7-1-4-10-19(15)26-24(16)23;1-4-10-19-14(7-1)17-13-18-15-8-2-5-11-20(15)26-21-12-6-3-9-16(21)22(24(18)26)23(17)25-19;19-12-9-10-17-14(11-12)13-5-1-3-7-16(13)21(17)18-8-4-2-6-15(18)20;14-12-7-3-5-10-8-9-4-1-2-6-11(9)13(10)12;9-7(10)5-3-1-2-4-6(5)8(11)12;7-5-3-1-2-4-6(5)8/h1-15H;1-14,26H;1-13,25H;1-11H;1-7H,8H2;1-4,9-10H;1-4H. The third-order valence-corrected chi connectivity index (χ3v) is 28.9. The monoisotopic (exact) mass is 2100 g/mol. The van der Waals surface area contributed by atoms with Gasteiger partial charge in [0.05, 0.1) is 119 Å². The summed E-state index contributed by atoms with van der Waals surface area (Å²) in [5.74, 6) is 0. The van der Waals surface area contributed by atoms with Gasteiger partial charge in [-0.3, -0.25) is 20.2 Å². The minimum Gasteiger partial charge on any atom is -0.423 e. The van der Waals surface area contributed by atoms with Gasteiger partial charge in [-0.25, -0.2) is 0 Å². The van der Waals surface area contributed by atoms with E-state index in [0.29, 0.717) is 10.6 Å². The minimum atomic E-state index is -1.80. The highest BCUT2D eigenvalue weighted by atomic mass is 127. The van der Waals surface area contributed by atoms with E-state index in [-0.39, 0.29) is 21.8 Å². The molecule has 1 aliphatic carbocycles. The molecule has 19 aromatic carbocycles. The molecular formula is C115H74BBr2Cl4IN8O6. The molecular weight excluding hydrogens is 2030 g/mol. The van der Waals surface area contributed by atoms with Gasteiger partial charge in [-0.05, 0) is 202 Å². The number of aromatic nitrogens is 6. The number of nitro benzene ring substituents is 2. The Hall–Kier alpha value is -14.4. The van der Waals surface area contributed by atoms with Crippen LogP contribution in [0.1, 0.15) is 11.1 Å². The number of hydrogen-bond acceptors (Lipinski definition) is 6. The maximum Gasteiger partial charge on any atom is 0.495 e. The molecule has 0 unspecified atom stereocenters. The summed E-state index contributed by atoms with van der Waals surface area (Å²) >= 11 is 34.6. The average molecular weight is 2100 g/mol. The van der Waals surface area contributed by atoms with E-state index < -0.39 is 12.0 Å². The summed E-state index contributed by atoms with van der Waals surface area (Å²) in [6, 6.07) is 137. The SMILES string of the molecule is Brc1cccc2c1-c1ccccc1C2.Clc1ccccc1-n1c2ccccc2c2c3[nH]c4ccccc4c3ccc21.Clc1ccccc1-n1c2ccccc2c2cc(Br)ccc21.Clc1ccccc1I.O=[N+]([O-])c1ccccc1-c1ccc2c(c1)c1ccccc1n2-c1ccccc1Cl.O=[N+]([O-])c1ccccc1B(O)O.c1ccc2c(c1)[nH]c1c2cc2c3ccccc3n3c4ccccc4c1c23. The molecule has 4 N–H and O–H groups in total. The second-order valence-corrected chi connectivity index (χ2v) is 37.5. The molecule has 662 valence electrons. The van der Waals surface area contributed by atoms with Gasteiger partial charge in [-0.2, -0.15) is 0 Å². The molecule has 22 heteroatoms. The van der Waals surface area contributed by atoms with Gasteiger partial charge in [-0.1, -0.05) is 333 Å². The van der Waals surface area contributed by atoms with Crippen LogP contribution in [0.25, 0.3) is 186 Å². The van der Waals surface area contributed by atoms with Gasteiger partial charge in [0.15, 0.2) is 0 Å². The van der Waals surface area contributed by atoms with Crippen LogP contribution in [0.2, 0.25) is 20.1 Å². The summed E-state index contributed by atoms with van der Waals surface area (Å²) < 4.78 is 12.4. The van der Waals surface area contributed by atoms with Crippen molar-refractivity contribution in [2.24, 2.45) is 0 Å². The maximum atomic E-state index is 11.5. The number of nitrogens with one attached hydrogen (secondary N) is 2. The van der Waals surface area contributed by atoms with Crippen molar-refractivity contribution in [1.82, 2.24) is 28.1 Å². The molecule has 26 aromatic rings. The largest absolute Gasteiger partial charge is 0.495 e. The van der Waals surface area contributed by atoms with E-state index in [1.807, 2.05) is 121 Å². The quantitative estimate of drug-likeness (QED) is 0.0534. The Morgan fingerprint density at radius 2 is 0.737 bits per heavy atom. The zero-order chi connectivity index (χ0) is 93.8. The molecule has 0 bridgehead atoms. The second kappa shape index (κ2) is 38.1. The van der Waals surface area contributed by atoms with E-state index in [1.165, 1.54) is 160 Å². The van der Waals surface area contributed by atoms with Crippen LogP contribution in [0.5, 0.6) is 0 Å². The summed E-state index contributed by atoms with van der Waals surface area (Å²) in [5, 5.41) is 59.6. The first-order valence-electron chi connectivity index (χ1n) is 44.0. The Labute approximate surface area is 834 Å². The average Bonchev–Trinajstić information content (AvgIpc) is 1.52. The number of nitro groups is 2. The lowest BCUT2D eigenvalue weighted by Crippen LogP contribution is -2.31. The molecule has 0 spiro atoms. The summed E-state index contributed by atoms with van der Waals surface area (Å²) in [4.78, 5) is 28.1. The van der Waals surface area contributed by atoms with Crippen molar-refractivity contribution < 1.29 is 19.9 Å². The van der Waals surface area contributed by atoms with Crippen LogP contribution in [-0.4, -0.2) is 55.1 Å². The molecule has 0 saturated carbocycles. The Bertz CT molecular complexity index is 9230. The van der Waals surface area contributed by atoms with Crippen LogP contribution >= 0.6 is 101 Å². The first-order valence-corrected chi connectivity index (χ1v) is 48.2. The fourth-order valence-electron chi connectivity index (χ4n) is 19.3. The highest BCUT2D eigenvalue weighted by Crippen LogP contribution is 2.48. The number of benzene rings is 19. The molecule has 0 amide bonds. The number of hydrogen-bond donors (Lipinski definition) is 4. The molecule has 27 rings (SSSR count). The van der Waals surface area contributed by atoms with Crippen molar-refractivity contribution in [3.63, 3.8) is 0 Å². The van der Waals surface area contributed by atoms with E-state index >= 15 is 0 Å². The van der Waals surface area contributed by atoms with Gasteiger partial charge < -0.3 is 38.1 Å². The van der Waals surface area contributed by atoms with E-state index in [1.54, 1.807) is 12.1 Å². The van der Waals surface area contributed by atoms with Crippen LogP contribution in [0, 0.1) is 23.8 Å². The first-order chi connectivity index (χ1) is 66.9. The number of nitrogens with zero attached hydrogens (tertiary/aromatic N) is 6. The van der Waals surface area contributed by atoms with Crippen molar-refractivity contribution in [2.75, 3.05) is 0 Å². The van der Waals surface area contributed by atoms with Crippen LogP contribution < -0.4 is 5.46 Å². The summed E-state index contributed by atoms with van der Waals surface area (Å²) in [6.45, 7) is 0. The third kappa shape index (κ3) is 16.5. The van der Waals surface area contributed by atoms with Gasteiger partial charge in [0, 0.05) is 111 Å². The number of H-pyrrole nitrogens is 2. The van der Waals surface area contributed by atoms with Gasteiger partial charge in [-0.15, -0.1) is 0 Å². The summed E-state index contributed by atoms with van der Waals surface area (Å²) in [5.41, 5.74) is 25.0. The highest BCUT2D eigenvalue weighted by molar-refractivity contribution is 14.1. The van der Waals surface area contributed by atoms with Crippen LogP contribution in [0.4, 0.5) is 11.4 Å². The van der Waals surface area contributed by atoms with Crippen molar-refractivity contribution >= 4 is 272 Å². The molecule has 0 radical (unpaired) electrons. The number of aromatic amines is 2. The maximum absolute atomic E-state index is 11.5. The fourth-order valence-corrected chi connectivity index (χ4v) is 21.5. The number of para-hydroxylation sites is 12. The lowest BCUT2D eigenvalue weighted by Gasteiger charge is -2.10. The molecule has 0 aliphatic heterocycles. The molecule has 7 aromatic heterocycles. The van der Waals surface area contributed by atoms with Gasteiger partial charge in [0.25, 0.3) is 11.4 Å². The lowest BCUT2D eigenvalue weighted by molar-refractivity contribution is -0.384. The smallest absolute Gasteiger partial charge is 0.423 e. The number of fused-ring (bicyclic) bond motifs is 26. The predicted octanol–water partition coefficient (Wildman–Crippen LogP) is 33.0. The van der Waals surface area contributed by atoms with Crippen molar-refractivity contribution in [3.05, 3.63) is 476 Å². The first kappa shape index (κ1) is 89.2. The fraction of sp³-hybridized carbons (Fsp3) is 0.00870. The number of halogens is 7. The Morgan fingerprint density at radius 1 is 0.328 bits per heavy atom. The predicted molar refractivity (Wildman–Crippen MR) is 586 cm³/mol. The van der Waals surface area contributed by atoms with Crippen molar-refractivity contribution in [3.8, 4) is 39.3 Å². The molecule has 0 atom stereocenters. The van der Waals surface area contributed by atoms with Gasteiger partial charge in [0.1, 0.15) is 0 Å². The zero-order valence-corrected chi connectivity index (χ0v) is 80.8. The van der Waals surface area contributed by atoms with Crippen LogP contribution in [-0.2, 0) is 6.42 Å². The number of rotatable bonds is 7. The lowest BCUT2D eigenvalue weighted by atomic mass is 9.79. The zero-order valence-electron chi connectivity index (χ0n) is 72.4. The van der Waals surface area contributed by atoms with E-state index in [2.05, 4.69) is 331 Å². The Morgan fingerprint density at radius 3 is 1.29 bits per heavy atom. The molecule has 0 fully saturated rings. The van der Waals surface area contributed by atoms with E-state index in [9.17, 15) is 20.2 Å². The normalized spacial score (nSPS) is 11.5. The van der Waals surface area contributed by atoms with Gasteiger partial charge in [0.2, 0.25) is 0 Å². The van der Waals surface area contributed by atoms with Crippen LogP contribution in [0.3, 0.4) is 0 Å². The summed E-state index contributed by atoms with van der Waals surface area (Å²) in [7, 11) is -1.80. The molecule has 7 heterocycles. The molecule has 1 aliphatic rings.